The van der Waals surface area contributed by atoms with Gasteiger partial charge in [-0.15, -0.1) is 0 Å². The lowest BCUT2D eigenvalue weighted by molar-refractivity contribution is -0.131. The number of carbonyl (C=O) groups excluding carboxylic acids is 1. The Labute approximate surface area is 119 Å². The number of likely N-dealkylation sites (N-methyl/N-ethyl adjacent to an activating group) is 1. The first-order valence-corrected chi connectivity index (χ1v) is 7.34. The first kappa shape index (κ1) is 18.2. The standard InChI is InChI=1S/C16H32N2O/c1-7-18(12-13(2)3)15(19)9-8-14(10-11-17)16(4,5)6/h14H,2,7-12,17H2,1,3-6H3. The second-order valence-electron chi connectivity index (χ2n) is 6.54. The van der Waals surface area contributed by atoms with Gasteiger partial charge in [0.1, 0.15) is 0 Å². The van der Waals surface area contributed by atoms with Crippen molar-refractivity contribution in [1.29, 1.82) is 0 Å². The first-order chi connectivity index (χ1) is 8.72. The molecule has 0 spiro atoms. The molecule has 0 heterocycles. The molecule has 0 saturated heterocycles. The minimum Gasteiger partial charge on any atom is -0.339 e. The van der Waals surface area contributed by atoms with E-state index in [1.807, 2.05) is 18.7 Å². The van der Waals surface area contributed by atoms with Crippen molar-refractivity contribution in [3.8, 4) is 0 Å². The molecule has 0 fully saturated rings. The number of hydrogen-bond acceptors (Lipinski definition) is 2. The molecule has 112 valence electrons. The SMILES string of the molecule is C=C(C)CN(CC)C(=O)CCC(CCN)C(C)(C)C. The molecule has 0 aromatic carbocycles. The highest BCUT2D eigenvalue weighted by atomic mass is 16.2. The number of hydrogen-bond donors (Lipinski definition) is 1. The average Bonchev–Trinajstić information content (AvgIpc) is 2.29. The average molecular weight is 268 g/mol. The van der Waals surface area contributed by atoms with Crippen LogP contribution >= 0.6 is 0 Å². The second-order valence-corrected chi connectivity index (χ2v) is 6.54. The molecule has 1 atom stereocenters. The molecule has 3 heteroatoms. The molecular weight excluding hydrogens is 236 g/mol. The molecule has 1 unspecified atom stereocenters. The van der Waals surface area contributed by atoms with E-state index < -0.39 is 0 Å². The van der Waals surface area contributed by atoms with Crippen LogP contribution in [0.2, 0.25) is 0 Å². The maximum Gasteiger partial charge on any atom is 0.222 e. The smallest absolute Gasteiger partial charge is 0.222 e. The minimum absolute atomic E-state index is 0.213. The van der Waals surface area contributed by atoms with Crippen LogP contribution in [0.25, 0.3) is 0 Å². The summed E-state index contributed by atoms with van der Waals surface area (Å²) in [4.78, 5) is 14.1. The zero-order chi connectivity index (χ0) is 15.1. The van der Waals surface area contributed by atoms with E-state index in [4.69, 9.17) is 5.73 Å². The summed E-state index contributed by atoms with van der Waals surface area (Å²) in [6.07, 6.45) is 2.53. The highest BCUT2D eigenvalue weighted by Crippen LogP contribution is 2.32. The summed E-state index contributed by atoms with van der Waals surface area (Å²) in [6.45, 7) is 16.7. The van der Waals surface area contributed by atoms with Crippen LogP contribution in [0.1, 0.15) is 53.9 Å². The fourth-order valence-electron chi connectivity index (χ4n) is 2.37. The molecule has 0 aromatic heterocycles. The Morgan fingerprint density at radius 1 is 1.32 bits per heavy atom. The normalized spacial score (nSPS) is 13.2. The Balaban J connectivity index is 4.42. The van der Waals surface area contributed by atoms with E-state index in [2.05, 4.69) is 27.4 Å². The first-order valence-electron chi connectivity index (χ1n) is 7.34. The van der Waals surface area contributed by atoms with Crippen molar-refractivity contribution in [2.24, 2.45) is 17.1 Å². The number of nitrogens with zero attached hydrogens (tertiary/aromatic N) is 1. The van der Waals surface area contributed by atoms with E-state index in [9.17, 15) is 4.79 Å². The molecule has 0 aromatic rings. The fraction of sp³-hybridized carbons (Fsp3) is 0.812. The number of rotatable bonds is 8. The summed E-state index contributed by atoms with van der Waals surface area (Å²) in [5.74, 6) is 0.738. The number of amides is 1. The van der Waals surface area contributed by atoms with Crippen LogP contribution in [0, 0.1) is 11.3 Å². The third-order valence-electron chi connectivity index (χ3n) is 3.64. The lowest BCUT2D eigenvalue weighted by atomic mass is 9.76. The molecule has 0 aliphatic carbocycles. The van der Waals surface area contributed by atoms with Crippen LogP contribution < -0.4 is 5.73 Å². The maximum atomic E-state index is 12.2. The summed E-state index contributed by atoms with van der Waals surface area (Å²) in [5.41, 5.74) is 6.92. The lowest BCUT2D eigenvalue weighted by Crippen LogP contribution is -2.33. The topological polar surface area (TPSA) is 46.3 Å². The lowest BCUT2D eigenvalue weighted by Gasteiger charge is -2.31. The zero-order valence-corrected chi connectivity index (χ0v) is 13.5. The van der Waals surface area contributed by atoms with Crippen molar-refractivity contribution >= 4 is 5.91 Å². The Morgan fingerprint density at radius 2 is 1.89 bits per heavy atom. The number of nitrogens with two attached hydrogens (primary N) is 1. The van der Waals surface area contributed by atoms with Crippen molar-refractivity contribution in [2.45, 2.75) is 53.9 Å². The molecule has 19 heavy (non-hydrogen) atoms. The molecule has 0 radical (unpaired) electrons. The highest BCUT2D eigenvalue weighted by Gasteiger charge is 2.25. The van der Waals surface area contributed by atoms with Gasteiger partial charge in [0.05, 0.1) is 0 Å². The van der Waals surface area contributed by atoms with Crippen LogP contribution in [-0.2, 0) is 4.79 Å². The molecule has 3 nitrogen and oxygen atoms in total. The van der Waals surface area contributed by atoms with Crippen LogP contribution in [-0.4, -0.2) is 30.4 Å². The van der Waals surface area contributed by atoms with Gasteiger partial charge >= 0.3 is 0 Å². The van der Waals surface area contributed by atoms with Gasteiger partial charge in [-0.2, -0.15) is 0 Å². The van der Waals surface area contributed by atoms with Gasteiger partial charge < -0.3 is 10.6 Å². The second kappa shape index (κ2) is 8.36. The van der Waals surface area contributed by atoms with Crippen molar-refractivity contribution < 1.29 is 4.79 Å². The van der Waals surface area contributed by atoms with Gasteiger partial charge in [-0.3, -0.25) is 4.79 Å². The maximum absolute atomic E-state index is 12.2. The van der Waals surface area contributed by atoms with Gasteiger partial charge in [-0.25, -0.2) is 0 Å². The Hall–Kier alpha value is -0.830. The Kier molecular flexibility index (Phi) is 8.00. The summed E-state index contributed by atoms with van der Waals surface area (Å²) in [7, 11) is 0. The predicted molar refractivity (Wildman–Crippen MR) is 82.9 cm³/mol. The summed E-state index contributed by atoms with van der Waals surface area (Å²) in [6, 6.07) is 0. The summed E-state index contributed by atoms with van der Waals surface area (Å²) in [5, 5.41) is 0. The monoisotopic (exact) mass is 268 g/mol. The van der Waals surface area contributed by atoms with Gasteiger partial charge in [0.15, 0.2) is 0 Å². The van der Waals surface area contributed by atoms with E-state index in [1.165, 1.54) is 0 Å². The fourth-order valence-corrected chi connectivity index (χ4v) is 2.37. The highest BCUT2D eigenvalue weighted by molar-refractivity contribution is 5.76. The number of carbonyl (C=O) groups is 1. The van der Waals surface area contributed by atoms with Crippen LogP contribution in [0.15, 0.2) is 12.2 Å². The molecule has 1 amide bonds. The van der Waals surface area contributed by atoms with E-state index in [1.54, 1.807) is 0 Å². The van der Waals surface area contributed by atoms with E-state index >= 15 is 0 Å². The molecule has 0 saturated carbocycles. The molecule has 0 aliphatic rings. The molecule has 0 bridgehead atoms. The minimum atomic E-state index is 0.213. The van der Waals surface area contributed by atoms with Crippen molar-refractivity contribution in [3.05, 3.63) is 12.2 Å². The molecule has 0 rings (SSSR count). The summed E-state index contributed by atoms with van der Waals surface area (Å²) < 4.78 is 0. The molecule has 0 aliphatic heterocycles. The van der Waals surface area contributed by atoms with Crippen molar-refractivity contribution in [1.82, 2.24) is 4.90 Å². The van der Waals surface area contributed by atoms with Crippen molar-refractivity contribution in [3.63, 3.8) is 0 Å². The Bertz CT molecular complexity index is 292. The van der Waals surface area contributed by atoms with Crippen LogP contribution in [0.3, 0.4) is 0 Å². The Morgan fingerprint density at radius 3 is 2.26 bits per heavy atom. The zero-order valence-electron chi connectivity index (χ0n) is 13.5. The van der Waals surface area contributed by atoms with Gasteiger partial charge in [0.25, 0.3) is 0 Å². The largest absolute Gasteiger partial charge is 0.339 e. The van der Waals surface area contributed by atoms with E-state index in [0.717, 1.165) is 25.0 Å². The summed E-state index contributed by atoms with van der Waals surface area (Å²) >= 11 is 0. The third-order valence-corrected chi connectivity index (χ3v) is 3.64. The van der Waals surface area contributed by atoms with Crippen LogP contribution in [0.5, 0.6) is 0 Å². The van der Waals surface area contributed by atoms with Gasteiger partial charge in [-0.1, -0.05) is 32.9 Å². The van der Waals surface area contributed by atoms with E-state index in [0.29, 0.717) is 25.4 Å². The van der Waals surface area contributed by atoms with Gasteiger partial charge in [0.2, 0.25) is 5.91 Å². The van der Waals surface area contributed by atoms with E-state index in [-0.39, 0.29) is 11.3 Å². The molecular formula is C16H32N2O. The molecule has 2 N–H and O–H groups in total. The third kappa shape index (κ3) is 7.36. The quantitative estimate of drug-likeness (QED) is 0.687. The predicted octanol–water partition coefficient (Wildman–Crippen LogP) is 3.20. The van der Waals surface area contributed by atoms with Gasteiger partial charge in [-0.05, 0) is 44.6 Å². The van der Waals surface area contributed by atoms with Crippen LogP contribution in [0.4, 0.5) is 0 Å². The van der Waals surface area contributed by atoms with Gasteiger partial charge in [0, 0.05) is 19.5 Å². The van der Waals surface area contributed by atoms with Crippen molar-refractivity contribution in [2.75, 3.05) is 19.6 Å².